The minimum atomic E-state index is -0.656. The summed E-state index contributed by atoms with van der Waals surface area (Å²) in [6.45, 7) is 6.74. The zero-order valence-corrected chi connectivity index (χ0v) is 20.4. The maximum absolute atomic E-state index is 14.0. The van der Waals surface area contributed by atoms with Crippen molar-refractivity contribution >= 4 is 23.6 Å². The van der Waals surface area contributed by atoms with E-state index in [1.54, 1.807) is 17.0 Å². The Kier molecular flexibility index (Phi) is 7.08. The van der Waals surface area contributed by atoms with Crippen molar-refractivity contribution in [3.63, 3.8) is 0 Å². The van der Waals surface area contributed by atoms with Crippen LogP contribution in [-0.2, 0) is 16.8 Å². The van der Waals surface area contributed by atoms with Gasteiger partial charge in [-0.2, -0.15) is 0 Å². The van der Waals surface area contributed by atoms with Crippen molar-refractivity contribution in [2.45, 2.75) is 44.1 Å². The highest BCUT2D eigenvalue weighted by Gasteiger charge is 2.42. The van der Waals surface area contributed by atoms with Crippen molar-refractivity contribution in [3.8, 4) is 0 Å². The van der Waals surface area contributed by atoms with Gasteiger partial charge in [0.05, 0.1) is 0 Å². The van der Waals surface area contributed by atoms with Gasteiger partial charge >= 0.3 is 0 Å². The Morgan fingerprint density at radius 2 is 1.71 bits per heavy atom. The molecule has 1 N–H and O–H groups in total. The van der Waals surface area contributed by atoms with E-state index in [2.05, 4.69) is 26.1 Å². The highest BCUT2D eigenvalue weighted by molar-refractivity contribution is 7.99. The number of halogens is 1. The van der Waals surface area contributed by atoms with Gasteiger partial charge in [0.25, 0.3) is 5.91 Å². The highest BCUT2D eigenvalue weighted by atomic mass is 32.2. The summed E-state index contributed by atoms with van der Waals surface area (Å²) in [5.41, 5.74) is 3.26. The van der Waals surface area contributed by atoms with Gasteiger partial charge in [-0.25, -0.2) is 4.39 Å². The number of thioether (sulfide) groups is 1. The van der Waals surface area contributed by atoms with E-state index in [9.17, 15) is 14.0 Å². The molecular weight excluding hydrogens is 447 g/mol. The molecule has 3 aromatic rings. The minimum Gasteiger partial charge on any atom is -0.350 e. The van der Waals surface area contributed by atoms with Gasteiger partial charge < -0.3 is 10.2 Å². The van der Waals surface area contributed by atoms with Crippen LogP contribution in [0.4, 0.5) is 4.39 Å². The van der Waals surface area contributed by atoms with Gasteiger partial charge in [-0.05, 0) is 46.4 Å². The molecule has 0 aromatic heterocycles. The first-order valence-electron chi connectivity index (χ1n) is 11.4. The molecule has 0 saturated carbocycles. The van der Waals surface area contributed by atoms with Gasteiger partial charge in [0.15, 0.2) is 0 Å². The van der Waals surface area contributed by atoms with Crippen LogP contribution in [-0.4, -0.2) is 28.5 Å². The van der Waals surface area contributed by atoms with Crippen molar-refractivity contribution in [2.24, 2.45) is 0 Å². The zero-order chi connectivity index (χ0) is 24.3. The van der Waals surface area contributed by atoms with E-state index in [1.165, 1.54) is 23.9 Å². The van der Waals surface area contributed by atoms with Gasteiger partial charge in [-0.15, -0.1) is 11.8 Å². The monoisotopic (exact) mass is 476 g/mol. The average Bonchev–Trinajstić information content (AvgIpc) is 3.27. The summed E-state index contributed by atoms with van der Waals surface area (Å²) in [6.07, 6.45) is 0. The molecule has 2 amide bonds. The number of carbonyl (C=O) groups is 2. The Balaban J connectivity index is 1.61. The topological polar surface area (TPSA) is 49.4 Å². The minimum absolute atomic E-state index is 0.0327. The van der Waals surface area contributed by atoms with Crippen LogP contribution in [0.3, 0.4) is 0 Å². The molecule has 0 radical (unpaired) electrons. The SMILES string of the molecule is CC(C)(C)c1ccc(C(=O)N2C(C(=O)NCc3ccccc3)CSC2c2cccc(F)c2)cc1. The smallest absolute Gasteiger partial charge is 0.255 e. The number of rotatable bonds is 5. The summed E-state index contributed by atoms with van der Waals surface area (Å²) in [5.74, 6) is -0.375. The van der Waals surface area contributed by atoms with Gasteiger partial charge in [0, 0.05) is 17.9 Å². The molecule has 4 nitrogen and oxygen atoms in total. The molecule has 4 rings (SSSR count). The first-order valence-corrected chi connectivity index (χ1v) is 12.4. The second kappa shape index (κ2) is 10.0. The van der Waals surface area contributed by atoms with Gasteiger partial charge in [-0.3, -0.25) is 9.59 Å². The van der Waals surface area contributed by atoms with Crippen molar-refractivity contribution in [1.29, 1.82) is 0 Å². The second-order valence-corrected chi connectivity index (χ2v) is 10.6. The van der Waals surface area contributed by atoms with Crippen LogP contribution in [0.1, 0.15) is 53.2 Å². The molecule has 1 aliphatic heterocycles. The number of hydrogen-bond acceptors (Lipinski definition) is 3. The number of nitrogens with zero attached hydrogens (tertiary/aromatic N) is 1. The van der Waals surface area contributed by atoms with E-state index in [4.69, 9.17) is 0 Å². The summed E-state index contributed by atoms with van der Waals surface area (Å²) < 4.78 is 14.0. The Labute approximate surface area is 204 Å². The van der Waals surface area contributed by atoms with Crippen molar-refractivity contribution in [3.05, 3.63) is 107 Å². The molecule has 176 valence electrons. The van der Waals surface area contributed by atoms with Gasteiger partial charge in [0.1, 0.15) is 17.2 Å². The van der Waals surface area contributed by atoms with Crippen LogP contribution >= 0.6 is 11.8 Å². The largest absolute Gasteiger partial charge is 0.350 e. The van der Waals surface area contributed by atoms with Gasteiger partial charge in [0.2, 0.25) is 5.91 Å². The Hall–Kier alpha value is -3.12. The van der Waals surface area contributed by atoms with E-state index in [0.29, 0.717) is 23.4 Å². The quantitative estimate of drug-likeness (QED) is 0.514. The van der Waals surface area contributed by atoms with E-state index >= 15 is 0 Å². The zero-order valence-electron chi connectivity index (χ0n) is 19.6. The maximum atomic E-state index is 14.0. The Morgan fingerprint density at radius 3 is 2.35 bits per heavy atom. The molecule has 2 atom stereocenters. The van der Waals surface area contributed by atoms with Crippen LogP contribution in [0.5, 0.6) is 0 Å². The lowest BCUT2D eigenvalue weighted by Crippen LogP contribution is -2.47. The van der Waals surface area contributed by atoms with Crippen LogP contribution in [0.2, 0.25) is 0 Å². The predicted octanol–water partition coefficient (Wildman–Crippen LogP) is 5.70. The first-order chi connectivity index (χ1) is 16.2. The predicted molar refractivity (Wildman–Crippen MR) is 135 cm³/mol. The fourth-order valence-electron chi connectivity index (χ4n) is 4.04. The average molecular weight is 477 g/mol. The standard InChI is InChI=1S/C28H29FN2O2S/c1-28(2,3)22-14-12-20(13-15-22)26(33)31-24(25(32)30-17-19-8-5-4-6-9-19)18-34-27(31)21-10-7-11-23(29)16-21/h4-16,24,27H,17-18H2,1-3H3,(H,30,32). The van der Waals surface area contributed by atoms with Crippen LogP contribution < -0.4 is 5.32 Å². The molecule has 1 heterocycles. The lowest BCUT2D eigenvalue weighted by Gasteiger charge is -2.29. The normalized spacial score (nSPS) is 18.1. The second-order valence-electron chi connectivity index (χ2n) is 9.50. The van der Waals surface area contributed by atoms with E-state index in [1.807, 2.05) is 54.6 Å². The van der Waals surface area contributed by atoms with E-state index in [0.717, 1.165) is 11.1 Å². The molecule has 0 aliphatic carbocycles. The third-order valence-electron chi connectivity index (χ3n) is 5.98. The molecule has 1 aliphatic rings. The first kappa shape index (κ1) is 24.0. The number of benzene rings is 3. The van der Waals surface area contributed by atoms with E-state index < -0.39 is 11.4 Å². The van der Waals surface area contributed by atoms with Crippen LogP contribution in [0, 0.1) is 5.82 Å². The summed E-state index contributed by atoms with van der Waals surface area (Å²) in [6, 6.07) is 22.8. The number of hydrogen-bond donors (Lipinski definition) is 1. The molecule has 1 saturated heterocycles. The highest BCUT2D eigenvalue weighted by Crippen LogP contribution is 2.42. The van der Waals surface area contributed by atoms with E-state index in [-0.39, 0.29) is 23.0 Å². The molecule has 34 heavy (non-hydrogen) atoms. The van der Waals surface area contributed by atoms with Crippen LogP contribution in [0.25, 0.3) is 0 Å². The summed E-state index contributed by atoms with van der Waals surface area (Å²) in [5, 5.41) is 2.52. The fourth-order valence-corrected chi connectivity index (χ4v) is 5.46. The summed E-state index contributed by atoms with van der Waals surface area (Å²) >= 11 is 1.48. The van der Waals surface area contributed by atoms with Gasteiger partial charge in [-0.1, -0.05) is 75.4 Å². The number of nitrogens with one attached hydrogen (secondary N) is 1. The number of amides is 2. The molecule has 2 unspecified atom stereocenters. The summed E-state index contributed by atoms with van der Waals surface area (Å²) in [4.78, 5) is 28.5. The Morgan fingerprint density at radius 1 is 1.00 bits per heavy atom. The molecule has 0 bridgehead atoms. The lowest BCUT2D eigenvalue weighted by atomic mass is 9.86. The third kappa shape index (κ3) is 5.33. The van der Waals surface area contributed by atoms with Crippen molar-refractivity contribution in [1.82, 2.24) is 10.2 Å². The molecule has 3 aromatic carbocycles. The lowest BCUT2D eigenvalue weighted by molar-refractivity contribution is -0.125. The number of carbonyl (C=O) groups excluding carboxylic acids is 2. The third-order valence-corrected chi connectivity index (χ3v) is 7.30. The van der Waals surface area contributed by atoms with Crippen LogP contribution in [0.15, 0.2) is 78.9 Å². The molecular formula is C28H29FN2O2S. The maximum Gasteiger partial charge on any atom is 0.255 e. The molecule has 1 fully saturated rings. The van der Waals surface area contributed by atoms with Crippen molar-refractivity contribution in [2.75, 3.05) is 5.75 Å². The molecule has 6 heteroatoms. The van der Waals surface area contributed by atoms with Crippen molar-refractivity contribution < 1.29 is 14.0 Å². The summed E-state index contributed by atoms with van der Waals surface area (Å²) in [7, 11) is 0. The fraction of sp³-hybridized carbons (Fsp3) is 0.286. The Bertz CT molecular complexity index is 1160. The molecule has 0 spiro atoms.